The van der Waals surface area contributed by atoms with Gasteiger partial charge in [0.1, 0.15) is 0 Å². The van der Waals surface area contributed by atoms with E-state index in [1.165, 1.54) is 120 Å². The third-order valence-electron chi connectivity index (χ3n) is 10.8. The Morgan fingerprint density at radius 1 is 0.261 bits per heavy atom. The van der Waals surface area contributed by atoms with Gasteiger partial charge in [0.25, 0.3) is 0 Å². The van der Waals surface area contributed by atoms with E-state index in [4.69, 9.17) is 0 Å². The van der Waals surface area contributed by atoms with Crippen LogP contribution in [0.4, 0.5) is 0 Å². The molecule has 10 aromatic rings. The van der Waals surface area contributed by atoms with Crippen molar-refractivity contribution in [1.82, 2.24) is 0 Å². The first kappa shape index (κ1) is 25.8. The number of hydrogen-bond acceptors (Lipinski definition) is 0. The number of hydrogen-bond donors (Lipinski definition) is 0. The standard InChI is InChI=1S/C46H32/c1-25-11-5-12-26(2)39(25)45-37-23-35-31-19-7-15-29-16-8-20-32(41(29)31)36(35)24-38(37)46(40-27(3)13-6-14-28(40)4)44-34-22-10-18-30-17-9-21-33(42(30)34)43(44)45/h5-24H,1-4H3. The van der Waals surface area contributed by atoms with Gasteiger partial charge in [0.05, 0.1) is 0 Å². The molecule has 0 aliphatic carbocycles. The van der Waals surface area contributed by atoms with Crippen molar-refractivity contribution in [3.05, 3.63) is 144 Å². The molecule has 0 unspecified atom stereocenters. The van der Waals surface area contributed by atoms with E-state index in [9.17, 15) is 0 Å². The van der Waals surface area contributed by atoms with Gasteiger partial charge in [-0.1, -0.05) is 109 Å². The normalized spacial score (nSPS) is 12.3. The zero-order valence-corrected chi connectivity index (χ0v) is 26.5. The van der Waals surface area contributed by atoms with E-state index >= 15 is 0 Å². The van der Waals surface area contributed by atoms with Crippen LogP contribution in [0, 0.1) is 27.7 Å². The Morgan fingerprint density at radius 2 is 0.587 bits per heavy atom. The molecule has 0 fully saturated rings. The van der Waals surface area contributed by atoms with Crippen LogP contribution >= 0.6 is 0 Å². The lowest BCUT2D eigenvalue weighted by atomic mass is 9.81. The molecule has 0 spiro atoms. The summed E-state index contributed by atoms with van der Waals surface area (Å²) >= 11 is 0. The van der Waals surface area contributed by atoms with Gasteiger partial charge < -0.3 is 0 Å². The molecule has 0 radical (unpaired) electrons. The average Bonchev–Trinajstić information content (AvgIpc) is 3.56. The molecular weight excluding hydrogens is 553 g/mol. The van der Waals surface area contributed by atoms with Crippen LogP contribution in [-0.4, -0.2) is 0 Å². The monoisotopic (exact) mass is 584 g/mol. The summed E-state index contributed by atoms with van der Waals surface area (Å²) in [5.41, 5.74) is 10.7. The van der Waals surface area contributed by atoms with Gasteiger partial charge in [0.15, 0.2) is 0 Å². The van der Waals surface area contributed by atoms with Gasteiger partial charge in [-0.25, -0.2) is 0 Å². The van der Waals surface area contributed by atoms with E-state index in [-0.39, 0.29) is 0 Å². The minimum absolute atomic E-state index is 1.30. The first-order valence-corrected chi connectivity index (χ1v) is 16.4. The third-order valence-corrected chi connectivity index (χ3v) is 10.8. The van der Waals surface area contributed by atoms with Crippen LogP contribution in [0.3, 0.4) is 0 Å². The topological polar surface area (TPSA) is 0 Å². The fourth-order valence-electron chi connectivity index (χ4n) is 9.00. The molecule has 0 saturated carbocycles. The molecule has 0 N–H and O–H groups in total. The summed E-state index contributed by atoms with van der Waals surface area (Å²) in [6.07, 6.45) is 0. The molecule has 0 heteroatoms. The predicted octanol–water partition coefficient (Wildman–Crippen LogP) is 13.2. The lowest BCUT2D eigenvalue weighted by Crippen LogP contribution is -1.95. The van der Waals surface area contributed by atoms with Crippen molar-refractivity contribution in [1.29, 1.82) is 0 Å². The number of aryl methyl sites for hydroxylation is 4. The molecule has 0 saturated heterocycles. The van der Waals surface area contributed by atoms with Crippen molar-refractivity contribution < 1.29 is 0 Å². The van der Waals surface area contributed by atoms with Gasteiger partial charge in [0, 0.05) is 0 Å². The highest BCUT2D eigenvalue weighted by atomic mass is 14.3. The molecule has 216 valence electrons. The average molecular weight is 585 g/mol. The molecule has 0 aromatic heterocycles. The lowest BCUT2D eigenvalue weighted by molar-refractivity contribution is 1.39. The summed E-state index contributed by atoms with van der Waals surface area (Å²) in [4.78, 5) is 0. The Kier molecular flexibility index (Phi) is 5.08. The Balaban J connectivity index is 1.60. The van der Waals surface area contributed by atoms with Crippen LogP contribution in [0.1, 0.15) is 22.3 Å². The first-order valence-electron chi connectivity index (χ1n) is 16.4. The van der Waals surface area contributed by atoms with Crippen LogP contribution in [0.25, 0.3) is 97.7 Å². The number of benzene rings is 8. The van der Waals surface area contributed by atoms with Gasteiger partial charge in [-0.05, 0) is 160 Å². The van der Waals surface area contributed by atoms with Crippen molar-refractivity contribution in [3.8, 4) is 22.3 Å². The maximum Gasteiger partial charge on any atom is -0.000721 e. The molecule has 0 nitrogen and oxygen atoms in total. The SMILES string of the molecule is Cc1cccc(C)c1-c1c2cc3c(cc2c(-c2c(C)cccc2C)c2c4cccc5cccc(c12)c54)c1cccc2cccc3c21. The van der Waals surface area contributed by atoms with Crippen molar-refractivity contribution in [2.45, 2.75) is 27.7 Å². The van der Waals surface area contributed by atoms with Crippen LogP contribution in [-0.2, 0) is 0 Å². The van der Waals surface area contributed by atoms with Gasteiger partial charge in [0.2, 0.25) is 0 Å². The first-order chi connectivity index (χ1) is 22.5. The Labute approximate surface area is 268 Å². The number of rotatable bonds is 2. The van der Waals surface area contributed by atoms with Crippen molar-refractivity contribution in [2.24, 2.45) is 0 Å². The van der Waals surface area contributed by atoms with Gasteiger partial charge in [-0.15, -0.1) is 0 Å². The molecule has 10 rings (SSSR count). The number of fused-ring (bicyclic) bond motifs is 7. The van der Waals surface area contributed by atoms with E-state index in [0.29, 0.717) is 0 Å². The molecule has 0 aliphatic heterocycles. The van der Waals surface area contributed by atoms with Crippen molar-refractivity contribution >= 4 is 75.4 Å². The molecule has 10 aromatic carbocycles. The highest BCUT2D eigenvalue weighted by Gasteiger charge is 2.27. The lowest BCUT2D eigenvalue weighted by Gasteiger charge is -2.21. The summed E-state index contributed by atoms with van der Waals surface area (Å²) in [5, 5.41) is 18.9. The van der Waals surface area contributed by atoms with Crippen molar-refractivity contribution in [2.75, 3.05) is 0 Å². The fourth-order valence-corrected chi connectivity index (χ4v) is 9.00. The van der Waals surface area contributed by atoms with Gasteiger partial charge in [-0.2, -0.15) is 0 Å². The van der Waals surface area contributed by atoms with Crippen LogP contribution in [0.5, 0.6) is 0 Å². The maximum atomic E-state index is 2.54. The van der Waals surface area contributed by atoms with Gasteiger partial charge in [-0.3, -0.25) is 0 Å². The smallest absolute Gasteiger partial charge is 0.000721 e. The van der Waals surface area contributed by atoms with Crippen LogP contribution in [0.15, 0.2) is 121 Å². The zero-order valence-electron chi connectivity index (χ0n) is 26.5. The third kappa shape index (κ3) is 3.19. The quantitative estimate of drug-likeness (QED) is 0.190. The minimum atomic E-state index is 1.30. The second kappa shape index (κ2) is 9.05. The van der Waals surface area contributed by atoms with E-state index < -0.39 is 0 Å². The van der Waals surface area contributed by atoms with Crippen molar-refractivity contribution in [3.63, 3.8) is 0 Å². The van der Waals surface area contributed by atoms with Crippen LogP contribution in [0.2, 0.25) is 0 Å². The molecule has 0 heterocycles. The maximum absolute atomic E-state index is 2.54. The highest BCUT2D eigenvalue weighted by molar-refractivity contribution is 6.42. The Bertz CT molecular complexity index is 2650. The summed E-state index contributed by atoms with van der Waals surface area (Å²) in [6.45, 7) is 9.14. The van der Waals surface area contributed by atoms with Gasteiger partial charge >= 0.3 is 0 Å². The second-order valence-corrected chi connectivity index (χ2v) is 13.4. The predicted molar refractivity (Wildman–Crippen MR) is 201 cm³/mol. The summed E-state index contributed by atoms with van der Waals surface area (Å²) < 4.78 is 0. The molecule has 0 bridgehead atoms. The molecular formula is C46H32. The summed E-state index contributed by atoms with van der Waals surface area (Å²) in [7, 11) is 0. The summed E-state index contributed by atoms with van der Waals surface area (Å²) in [6, 6.07) is 46.0. The molecule has 0 amide bonds. The second-order valence-electron chi connectivity index (χ2n) is 13.4. The van der Waals surface area contributed by atoms with E-state index in [0.717, 1.165) is 0 Å². The highest BCUT2D eigenvalue weighted by Crippen LogP contribution is 2.54. The Hall–Kier alpha value is -5.46. The van der Waals surface area contributed by atoms with E-state index in [1.807, 2.05) is 0 Å². The molecule has 46 heavy (non-hydrogen) atoms. The molecule has 0 aliphatic rings. The minimum Gasteiger partial charge on any atom is -0.0617 e. The largest absolute Gasteiger partial charge is 0.0617 e. The van der Waals surface area contributed by atoms with E-state index in [1.54, 1.807) is 0 Å². The zero-order chi connectivity index (χ0) is 30.8. The van der Waals surface area contributed by atoms with E-state index in [2.05, 4.69) is 149 Å². The Morgan fingerprint density at radius 3 is 0.978 bits per heavy atom. The molecule has 0 atom stereocenters. The van der Waals surface area contributed by atoms with Crippen LogP contribution < -0.4 is 0 Å². The fraction of sp³-hybridized carbons (Fsp3) is 0.0870. The summed E-state index contributed by atoms with van der Waals surface area (Å²) in [5.74, 6) is 0.